The van der Waals surface area contributed by atoms with Gasteiger partial charge in [-0.25, -0.2) is 13.2 Å². The van der Waals surface area contributed by atoms with E-state index in [1.807, 2.05) is 7.05 Å². The average molecular weight is 580 g/mol. The van der Waals surface area contributed by atoms with Crippen LogP contribution in [0.2, 0.25) is 0 Å². The number of amides is 2. The molecule has 3 N–H and O–H groups in total. The van der Waals surface area contributed by atoms with Gasteiger partial charge in [-0.2, -0.15) is 13.2 Å². The third kappa shape index (κ3) is 8.37. The van der Waals surface area contributed by atoms with E-state index >= 15 is 0 Å². The molecule has 3 aliphatic heterocycles. The van der Waals surface area contributed by atoms with E-state index in [0.717, 1.165) is 25.8 Å². The Hall–Kier alpha value is -2.75. The number of carbonyl (C=O) groups excluding carboxylic acids is 2. The van der Waals surface area contributed by atoms with E-state index < -0.39 is 33.6 Å². The van der Waals surface area contributed by atoms with Crippen LogP contribution in [0.5, 0.6) is 0 Å². The fourth-order valence-electron chi connectivity index (χ4n) is 4.91. The van der Waals surface area contributed by atoms with Gasteiger partial charge in [0.05, 0.1) is 23.1 Å². The fourth-order valence-corrected chi connectivity index (χ4v) is 6.20. The lowest BCUT2D eigenvalue weighted by atomic mass is 9.90. The SMILES string of the molecule is CN(C(=O)Cc1ccc2c(c1)NC(=O)CS2(=O)=O)C(CN1CC[C@H](O)C1)C1CCOCC1.O=C(O)C(F)(F)F. The summed E-state index contributed by atoms with van der Waals surface area (Å²) in [5.41, 5.74) is 0.890. The molecule has 15 heteroatoms. The minimum absolute atomic E-state index is 0.00871. The number of hydrogen-bond acceptors (Lipinski definition) is 8. The number of rotatable bonds is 6. The van der Waals surface area contributed by atoms with E-state index in [4.69, 9.17) is 14.6 Å². The number of carboxylic acids is 1. The highest BCUT2D eigenvalue weighted by Crippen LogP contribution is 2.29. The first kappa shape index (κ1) is 30.8. The molecule has 2 amide bonds. The number of ether oxygens (including phenoxy) is 1. The molecule has 11 nitrogen and oxygen atoms in total. The maximum atomic E-state index is 13.2. The lowest BCUT2D eigenvalue weighted by Gasteiger charge is -2.39. The van der Waals surface area contributed by atoms with Gasteiger partial charge in [0.15, 0.2) is 9.84 Å². The number of fused-ring (bicyclic) bond motifs is 1. The van der Waals surface area contributed by atoms with Crippen molar-refractivity contribution in [1.29, 1.82) is 0 Å². The molecule has 1 aromatic rings. The average Bonchev–Trinajstić information content (AvgIpc) is 3.26. The van der Waals surface area contributed by atoms with Crippen LogP contribution >= 0.6 is 0 Å². The highest BCUT2D eigenvalue weighted by atomic mass is 32.2. The van der Waals surface area contributed by atoms with E-state index in [2.05, 4.69) is 10.2 Å². The highest BCUT2D eigenvalue weighted by molar-refractivity contribution is 7.92. The molecule has 3 heterocycles. The van der Waals surface area contributed by atoms with Crippen LogP contribution < -0.4 is 5.32 Å². The van der Waals surface area contributed by atoms with E-state index in [1.54, 1.807) is 17.0 Å². The molecule has 4 rings (SSSR count). The van der Waals surface area contributed by atoms with Gasteiger partial charge in [0.25, 0.3) is 0 Å². The van der Waals surface area contributed by atoms with Gasteiger partial charge in [-0.15, -0.1) is 0 Å². The first-order valence-electron chi connectivity index (χ1n) is 12.4. The van der Waals surface area contributed by atoms with Crippen molar-refractivity contribution in [3.63, 3.8) is 0 Å². The molecule has 1 aromatic carbocycles. The van der Waals surface area contributed by atoms with Gasteiger partial charge >= 0.3 is 12.1 Å². The summed E-state index contributed by atoms with van der Waals surface area (Å²) in [6.07, 6.45) is -2.75. The molecule has 0 radical (unpaired) electrons. The normalized spacial score (nSPS) is 22.2. The Balaban J connectivity index is 0.000000532. The lowest BCUT2D eigenvalue weighted by Crippen LogP contribution is -2.50. The summed E-state index contributed by atoms with van der Waals surface area (Å²) >= 11 is 0. The minimum atomic E-state index is -5.08. The zero-order valence-electron chi connectivity index (χ0n) is 21.3. The number of halogens is 3. The zero-order chi connectivity index (χ0) is 29.0. The van der Waals surface area contributed by atoms with Crippen molar-refractivity contribution < 1.29 is 50.9 Å². The Morgan fingerprint density at radius 2 is 1.87 bits per heavy atom. The number of aliphatic hydroxyl groups excluding tert-OH is 1. The molecule has 2 atom stereocenters. The van der Waals surface area contributed by atoms with E-state index in [9.17, 15) is 36.3 Å². The number of hydrogen-bond donors (Lipinski definition) is 3. The smallest absolute Gasteiger partial charge is 0.475 e. The number of sulfone groups is 1. The Labute approximate surface area is 223 Å². The number of aliphatic carboxylic acids is 1. The van der Waals surface area contributed by atoms with Gasteiger partial charge in [0.1, 0.15) is 5.75 Å². The number of alkyl halides is 3. The molecule has 2 saturated heterocycles. The summed E-state index contributed by atoms with van der Waals surface area (Å²) in [6, 6.07) is 4.69. The fraction of sp³-hybridized carbons (Fsp3) is 0.625. The standard InChI is InChI=1S/C22H31N3O6S.C2HF3O2/c1-24(19(16-5-8-31-9-6-16)13-25-7-4-17(26)12-25)22(28)11-15-2-3-20-18(10-15)23-21(27)14-32(20,29)30;3-2(4,5)1(6)7/h2-3,10,16-17,19,26H,4-9,11-14H2,1H3,(H,23,27);(H,6,7)/t17-,19?;/m0./s1. The second kappa shape index (κ2) is 12.6. The minimum Gasteiger partial charge on any atom is -0.475 e. The van der Waals surface area contributed by atoms with Crippen LogP contribution in [0.1, 0.15) is 24.8 Å². The Bertz CT molecular complexity index is 1170. The molecule has 0 aromatic heterocycles. The Morgan fingerprint density at radius 1 is 1.23 bits per heavy atom. The van der Waals surface area contributed by atoms with Crippen molar-refractivity contribution in [2.45, 2.75) is 48.9 Å². The van der Waals surface area contributed by atoms with Gasteiger partial charge in [-0.3, -0.25) is 14.5 Å². The Morgan fingerprint density at radius 3 is 2.44 bits per heavy atom. The predicted molar refractivity (Wildman–Crippen MR) is 132 cm³/mol. The molecular formula is C24H32F3N3O8S. The zero-order valence-corrected chi connectivity index (χ0v) is 22.1. The number of anilines is 1. The third-order valence-electron chi connectivity index (χ3n) is 6.97. The number of carbonyl (C=O) groups is 3. The predicted octanol–water partition coefficient (Wildman–Crippen LogP) is 0.908. The number of nitrogens with one attached hydrogen (secondary N) is 1. The second-order valence-electron chi connectivity index (χ2n) is 9.84. The quantitative estimate of drug-likeness (QED) is 0.446. The first-order valence-corrected chi connectivity index (χ1v) is 14.0. The molecule has 218 valence electrons. The van der Waals surface area contributed by atoms with Crippen LogP contribution in [-0.4, -0.2) is 110 Å². The van der Waals surface area contributed by atoms with E-state index in [0.29, 0.717) is 37.8 Å². The second-order valence-corrected chi connectivity index (χ2v) is 11.8. The highest BCUT2D eigenvalue weighted by Gasteiger charge is 2.38. The number of β-amino-alcohol motifs (C(OH)–C–C–N with tert-alkyl or cyclic N) is 1. The van der Waals surface area contributed by atoms with Crippen molar-refractivity contribution in [3.05, 3.63) is 23.8 Å². The number of likely N-dealkylation sites (N-methyl/N-ethyl adjacent to an activating group) is 1. The van der Waals surface area contributed by atoms with Crippen LogP contribution in [0.3, 0.4) is 0 Å². The third-order valence-corrected chi connectivity index (χ3v) is 8.63. The van der Waals surface area contributed by atoms with Crippen LogP contribution in [0, 0.1) is 5.92 Å². The summed E-state index contributed by atoms with van der Waals surface area (Å²) in [7, 11) is -1.82. The van der Waals surface area contributed by atoms with Crippen molar-refractivity contribution in [3.8, 4) is 0 Å². The van der Waals surface area contributed by atoms with Crippen LogP contribution in [0.15, 0.2) is 23.1 Å². The topological polar surface area (TPSA) is 154 Å². The van der Waals surface area contributed by atoms with Crippen LogP contribution in [0.25, 0.3) is 0 Å². The molecule has 0 saturated carbocycles. The number of likely N-dealkylation sites (tertiary alicyclic amines) is 1. The van der Waals surface area contributed by atoms with Crippen molar-refractivity contribution in [1.82, 2.24) is 9.80 Å². The summed E-state index contributed by atoms with van der Waals surface area (Å²) in [5.74, 6) is -3.62. The van der Waals surface area contributed by atoms with Gasteiger partial charge in [-0.05, 0) is 42.9 Å². The monoisotopic (exact) mass is 579 g/mol. The van der Waals surface area contributed by atoms with Gasteiger partial charge < -0.3 is 25.2 Å². The van der Waals surface area contributed by atoms with Crippen molar-refractivity contribution in [2.24, 2.45) is 5.92 Å². The number of carboxylic acid groups (broad SMARTS) is 1. The Kier molecular flexibility index (Phi) is 9.96. The summed E-state index contributed by atoms with van der Waals surface area (Å²) < 4.78 is 61.7. The van der Waals surface area contributed by atoms with E-state index in [1.165, 1.54) is 6.07 Å². The number of nitrogens with zero attached hydrogens (tertiary/aromatic N) is 2. The van der Waals surface area contributed by atoms with E-state index in [-0.39, 0.29) is 35.1 Å². The van der Waals surface area contributed by atoms with Gasteiger partial charge in [-0.1, -0.05) is 6.07 Å². The number of benzene rings is 1. The van der Waals surface area contributed by atoms with Crippen molar-refractivity contribution >= 4 is 33.3 Å². The lowest BCUT2D eigenvalue weighted by molar-refractivity contribution is -0.192. The maximum absolute atomic E-state index is 13.2. The first-order chi connectivity index (χ1) is 18.2. The molecule has 1 unspecified atom stereocenters. The molecule has 3 aliphatic rings. The van der Waals surface area contributed by atoms with Crippen molar-refractivity contribution in [2.75, 3.05) is 51.0 Å². The molecule has 0 spiro atoms. The molecule has 0 bridgehead atoms. The molecule has 2 fully saturated rings. The number of aliphatic hydroxyl groups is 1. The van der Waals surface area contributed by atoms with Crippen LogP contribution in [0.4, 0.5) is 18.9 Å². The summed E-state index contributed by atoms with van der Waals surface area (Å²) in [6.45, 7) is 3.53. The summed E-state index contributed by atoms with van der Waals surface area (Å²) in [4.78, 5) is 38.0. The van der Waals surface area contributed by atoms with Gasteiger partial charge in [0.2, 0.25) is 11.8 Å². The molecular weight excluding hydrogens is 547 g/mol. The van der Waals surface area contributed by atoms with Crippen LogP contribution in [-0.2, 0) is 35.4 Å². The molecule has 39 heavy (non-hydrogen) atoms. The summed E-state index contributed by atoms with van der Waals surface area (Å²) in [5, 5.41) is 19.6. The largest absolute Gasteiger partial charge is 0.490 e. The molecule has 0 aliphatic carbocycles. The maximum Gasteiger partial charge on any atom is 0.490 e. The van der Waals surface area contributed by atoms with Gasteiger partial charge in [0, 0.05) is 45.9 Å².